The molecule has 0 radical (unpaired) electrons. The first-order valence-corrected chi connectivity index (χ1v) is 14.1. The molecule has 2 aliphatic rings. The number of ketones is 1. The van der Waals surface area contributed by atoms with Crippen molar-refractivity contribution in [1.29, 1.82) is 5.26 Å². The summed E-state index contributed by atoms with van der Waals surface area (Å²) in [6.45, 7) is 7.88. The fraction of sp³-hybridized carbons (Fsp3) is 0.273. The Labute approximate surface area is 254 Å². The molecular formula is C33H30ClFN4O4. The summed E-state index contributed by atoms with van der Waals surface area (Å²) in [5.74, 6) is -1.29. The number of nitriles is 1. The molecular weight excluding hydrogens is 571 g/mol. The first-order chi connectivity index (χ1) is 20.3. The van der Waals surface area contributed by atoms with Crippen LogP contribution in [0.15, 0.2) is 77.3 Å². The van der Waals surface area contributed by atoms with E-state index in [0.29, 0.717) is 34.0 Å². The zero-order valence-electron chi connectivity index (χ0n) is 24.2. The summed E-state index contributed by atoms with van der Waals surface area (Å²) < 4.78 is 20.2. The van der Waals surface area contributed by atoms with Crippen molar-refractivity contribution < 1.29 is 18.8 Å². The number of nitrogens with two attached hydrogens (primary N) is 1. The highest BCUT2D eigenvalue weighted by atomic mass is 35.5. The highest BCUT2D eigenvalue weighted by Crippen LogP contribution is 2.52. The second kappa shape index (κ2) is 11.2. The molecule has 3 aromatic carbocycles. The van der Waals surface area contributed by atoms with E-state index in [1.807, 2.05) is 52.0 Å². The number of Topliss-reactive ketones (excluding diaryl/α,β-unsaturated/α-hetero) is 1. The van der Waals surface area contributed by atoms with Crippen molar-refractivity contribution in [3.8, 4) is 11.8 Å². The van der Waals surface area contributed by atoms with Crippen LogP contribution in [0.5, 0.6) is 5.75 Å². The molecule has 0 saturated heterocycles. The quantitative estimate of drug-likeness (QED) is 0.229. The minimum absolute atomic E-state index is 0.0112. The van der Waals surface area contributed by atoms with Crippen molar-refractivity contribution >= 4 is 28.8 Å². The molecule has 8 nitrogen and oxygen atoms in total. The number of hydrogen-bond donors (Lipinski definition) is 1. The van der Waals surface area contributed by atoms with E-state index in [2.05, 4.69) is 6.07 Å². The average molecular weight is 601 g/mol. The molecule has 43 heavy (non-hydrogen) atoms. The van der Waals surface area contributed by atoms with E-state index in [4.69, 9.17) is 22.1 Å². The van der Waals surface area contributed by atoms with Crippen LogP contribution in [-0.2, 0) is 11.4 Å². The van der Waals surface area contributed by atoms with Crippen LogP contribution in [0.2, 0.25) is 5.02 Å². The topological polar surface area (TPSA) is 122 Å². The van der Waals surface area contributed by atoms with E-state index in [1.54, 1.807) is 12.1 Å². The second-order valence-corrected chi connectivity index (χ2v) is 12.1. The molecule has 1 unspecified atom stereocenters. The van der Waals surface area contributed by atoms with Crippen molar-refractivity contribution in [2.75, 3.05) is 4.90 Å². The number of rotatable bonds is 6. The summed E-state index contributed by atoms with van der Waals surface area (Å²) in [7, 11) is 0. The van der Waals surface area contributed by atoms with Crippen LogP contribution in [0.4, 0.5) is 15.8 Å². The first kappa shape index (κ1) is 29.8. The van der Waals surface area contributed by atoms with Crippen LogP contribution in [0.1, 0.15) is 54.9 Å². The monoisotopic (exact) mass is 600 g/mol. The number of halogens is 2. The van der Waals surface area contributed by atoms with Crippen molar-refractivity contribution in [2.45, 2.75) is 53.1 Å². The summed E-state index contributed by atoms with van der Waals surface area (Å²) in [6, 6.07) is 16.4. The van der Waals surface area contributed by atoms with E-state index in [0.717, 1.165) is 28.8 Å². The maximum Gasteiger partial charge on any atom is 0.296 e. The Bertz CT molecular complexity index is 1790. The van der Waals surface area contributed by atoms with Crippen molar-refractivity contribution in [3.63, 3.8) is 0 Å². The van der Waals surface area contributed by atoms with Crippen LogP contribution in [0.25, 0.3) is 0 Å². The zero-order valence-corrected chi connectivity index (χ0v) is 25.0. The standard InChI is InChI=1S/C33H30ClFN4O4/c1-18-11-20(17-43-29-8-6-5-7-24(29)34)19(2)22(12-18)30-23(16-36)32(37)38(25-10-9-21(35)13-26(25)39(41)42)27-14-33(3,4)15-28(40)31(27)30/h5-13,30H,14-15,17,37H2,1-4H3. The van der Waals surface area contributed by atoms with Gasteiger partial charge in [-0.2, -0.15) is 5.26 Å². The molecule has 0 fully saturated rings. The van der Waals surface area contributed by atoms with E-state index in [-0.39, 0.29) is 35.9 Å². The van der Waals surface area contributed by atoms with Gasteiger partial charge in [-0.25, -0.2) is 4.39 Å². The van der Waals surface area contributed by atoms with Gasteiger partial charge in [0.15, 0.2) is 5.78 Å². The lowest BCUT2D eigenvalue weighted by molar-refractivity contribution is -0.384. The lowest BCUT2D eigenvalue weighted by Gasteiger charge is -2.43. The molecule has 3 aromatic rings. The summed E-state index contributed by atoms with van der Waals surface area (Å²) in [5.41, 5.74) is 9.83. The first-order valence-electron chi connectivity index (χ1n) is 13.7. The number of hydrogen-bond acceptors (Lipinski definition) is 7. The van der Waals surface area contributed by atoms with Gasteiger partial charge in [-0.3, -0.25) is 19.8 Å². The molecule has 0 bridgehead atoms. The molecule has 2 N–H and O–H groups in total. The number of aryl methyl sites for hydroxylation is 1. The van der Waals surface area contributed by atoms with Crippen molar-refractivity contribution in [3.05, 3.63) is 120 Å². The van der Waals surface area contributed by atoms with Gasteiger partial charge < -0.3 is 10.5 Å². The fourth-order valence-corrected chi connectivity index (χ4v) is 6.25. The lowest BCUT2D eigenvalue weighted by atomic mass is 9.68. The van der Waals surface area contributed by atoms with E-state index in [1.165, 1.54) is 11.0 Å². The van der Waals surface area contributed by atoms with Gasteiger partial charge in [0, 0.05) is 17.7 Å². The second-order valence-electron chi connectivity index (χ2n) is 11.7. The van der Waals surface area contributed by atoms with Crippen LogP contribution >= 0.6 is 11.6 Å². The normalized spacial score (nSPS) is 17.9. The third kappa shape index (κ3) is 5.46. The van der Waals surface area contributed by atoms with Gasteiger partial charge in [0.25, 0.3) is 5.69 Å². The Balaban J connectivity index is 1.72. The van der Waals surface area contributed by atoms with Gasteiger partial charge in [0.2, 0.25) is 0 Å². The number of ether oxygens (including phenoxy) is 1. The molecule has 0 spiro atoms. The number of anilines is 1. The number of nitro benzene ring substituents is 1. The van der Waals surface area contributed by atoms with E-state index in [9.17, 15) is 24.6 Å². The van der Waals surface area contributed by atoms with Crippen LogP contribution < -0.4 is 15.4 Å². The highest BCUT2D eigenvalue weighted by Gasteiger charge is 2.46. The third-order valence-electron chi connectivity index (χ3n) is 7.99. The Hall–Kier alpha value is -4.68. The Morgan fingerprint density at radius 3 is 2.58 bits per heavy atom. The maximum absolute atomic E-state index is 14.1. The minimum Gasteiger partial charge on any atom is -0.487 e. The molecule has 0 aromatic heterocycles. The number of nitro groups is 1. The van der Waals surface area contributed by atoms with Gasteiger partial charge in [-0.05, 0) is 66.6 Å². The molecule has 5 rings (SSSR count). The number of carbonyl (C=O) groups excluding carboxylic acids is 1. The zero-order chi connectivity index (χ0) is 31.2. The molecule has 220 valence electrons. The van der Waals surface area contributed by atoms with Crippen LogP contribution in [0.3, 0.4) is 0 Å². The lowest BCUT2D eigenvalue weighted by Crippen LogP contribution is -2.42. The Kier molecular flexibility index (Phi) is 7.76. The van der Waals surface area contributed by atoms with Gasteiger partial charge >= 0.3 is 0 Å². The predicted molar refractivity (Wildman–Crippen MR) is 162 cm³/mol. The number of nitrogens with zero attached hydrogens (tertiary/aromatic N) is 3. The molecule has 1 heterocycles. The fourth-order valence-electron chi connectivity index (χ4n) is 6.06. The molecule has 1 atom stereocenters. The summed E-state index contributed by atoms with van der Waals surface area (Å²) >= 11 is 6.30. The number of para-hydroxylation sites is 1. The third-order valence-corrected chi connectivity index (χ3v) is 8.30. The van der Waals surface area contributed by atoms with Crippen LogP contribution in [0, 0.1) is 46.5 Å². The molecule has 1 aliphatic carbocycles. The highest BCUT2D eigenvalue weighted by molar-refractivity contribution is 6.32. The van der Waals surface area contributed by atoms with Crippen molar-refractivity contribution in [2.24, 2.45) is 11.1 Å². The summed E-state index contributed by atoms with van der Waals surface area (Å²) in [5, 5.41) is 23.0. The molecule has 0 amide bonds. The Morgan fingerprint density at radius 2 is 1.91 bits per heavy atom. The maximum atomic E-state index is 14.1. The van der Waals surface area contributed by atoms with Gasteiger partial charge in [-0.1, -0.05) is 55.3 Å². The molecule has 0 saturated carbocycles. The number of benzene rings is 3. The van der Waals surface area contributed by atoms with Crippen LogP contribution in [-0.4, -0.2) is 10.7 Å². The molecule has 1 aliphatic heterocycles. The Morgan fingerprint density at radius 1 is 1.19 bits per heavy atom. The van der Waals surface area contributed by atoms with Gasteiger partial charge in [0.05, 0.1) is 33.6 Å². The predicted octanol–water partition coefficient (Wildman–Crippen LogP) is 7.52. The largest absolute Gasteiger partial charge is 0.487 e. The summed E-state index contributed by atoms with van der Waals surface area (Å²) in [6.07, 6.45) is 0.569. The number of carbonyl (C=O) groups is 1. The molecule has 10 heteroatoms. The van der Waals surface area contributed by atoms with Gasteiger partial charge in [0.1, 0.15) is 29.7 Å². The van der Waals surface area contributed by atoms with E-state index < -0.39 is 27.8 Å². The smallest absolute Gasteiger partial charge is 0.296 e. The summed E-state index contributed by atoms with van der Waals surface area (Å²) in [4.78, 5) is 26.7. The SMILES string of the molecule is Cc1cc(COc2ccccc2Cl)c(C)c(C2C(C#N)=C(N)N(c3ccc(F)cc3[N+](=O)[O-])C3=C2C(=O)CC(C)(C)C3)c1. The van der Waals surface area contributed by atoms with Crippen molar-refractivity contribution in [1.82, 2.24) is 0 Å². The average Bonchev–Trinajstić information content (AvgIpc) is 2.93. The minimum atomic E-state index is -0.807. The number of allylic oxidation sites excluding steroid dienone is 3. The van der Waals surface area contributed by atoms with Gasteiger partial charge in [-0.15, -0.1) is 0 Å². The van der Waals surface area contributed by atoms with E-state index >= 15 is 0 Å².